The molecule has 9 heteroatoms. The molecule has 0 aliphatic carbocycles. The molecule has 0 saturated heterocycles. The molecule has 1 heterocycles. The first-order chi connectivity index (χ1) is 16.6. The lowest BCUT2D eigenvalue weighted by Crippen LogP contribution is -2.15. The highest BCUT2D eigenvalue weighted by Gasteiger charge is 2.31. The number of hydrogen-bond acceptors (Lipinski definition) is 4. The zero-order chi connectivity index (χ0) is 25.3. The average Bonchev–Trinajstić information content (AvgIpc) is 3.09. The smallest absolute Gasteiger partial charge is 0.416 e. The van der Waals surface area contributed by atoms with Crippen LogP contribution in [0.2, 0.25) is 5.02 Å². The second-order valence-electron chi connectivity index (χ2n) is 7.77. The number of aromatic nitrogens is 1. The third-order valence-electron chi connectivity index (χ3n) is 5.55. The molecule has 1 aromatic heterocycles. The SMILES string of the molecule is COc1ccc2c(c1)c(CC(=O)Oc1cccc(C(F)(F)F)c1)c(C)n2C(=O)c1ccc(Cl)cc1. The predicted molar refractivity (Wildman–Crippen MR) is 125 cm³/mol. The first-order valence-electron chi connectivity index (χ1n) is 10.4. The van der Waals surface area contributed by atoms with Crippen molar-refractivity contribution in [2.45, 2.75) is 19.5 Å². The summed E-state index contributed by atoms with van der Waals surface area (Å²) in [7, 11) is 1.49. The van der Waals surface area contributed by atoms with E-state index in [1.165, 1.54) is 17.7 Å². The number of benzene rings is 3. The summed E-state index contributed by atoms with van der Waals surface area (Å²) in [5.74, 6) is -0.804. The van der Waals surface area contributed by atoms with Crippen molar-refractivity contribution < 1.29 is 32.2 Å². The molecule has 0 aliphatic rings. The van der Waals surface area contributed by atoms with Crippen molar-refractivity contribution >= 4 is 34.4 Å². The van der Waals surface area contributed by atoms with Crippen LogP contribution >= 0.6 is 11.6 Å². The predicted octanol–water partition coefficient (Wildman–Crippen LogP) is 6.47. The number of rotatable bonds is 5. The summed E-state index contributed by atoms with van der Waals surface area (Å²) < 4.78 is 51.0. The van der Waals surface area contributed by atoms with Gasteiger partial charge in [0.25, 0.3) is 5.91 Å². The van der Waals surface area contributed by atoms with Crippen LogP contribution in [-0.4, -0.2) is 23.6 Å². The molecule has 3 aromatic carbocycles. The topological polar surface area (TPSA) is 57.5 Å². The molecule has 0 N–H and O–H groups in total. The fraction of sp³-hybridized carbons (Fsp3) is 0.154. The lowest BCUT2D eigenvalue weighted by Gasteiger charge is -2.10. The summed E-state index contributed by atoms with van der Waals surface area (Å²) >= 11 is 5.94. The number of nitrogens with zero attached hydrogens (tertiary/aromatic N) is 1. The van der Waals surface area contributed by atoms with E-state index in [0.29, 0.717) is 38.5 Å². The Bertz CT molecular complexity index is 1430. The largest absolute Gasteiger partial charge is 0.497 e. The molecule has 0 amide bonds. The number of hydrogen-bond donors (Lipinski definition) is 0. The number of halogens is 4. The van der Waals surface area contributed by atoms with Crippen molar-refractivity contribution in [2.24, 2.45) is 0 Å². The second-order valence-corrected chi connectivity index (χ2v) is 8.21. The summed E-state index contributed by atoms with van der Waals surface area (Å²) in [4.78, 5) is 26.1. The Hall–Kier alpha value is -3.78. The van der Waals surface area contributed by atoms with Crippen LogP contribution in [0.1, 0.15) is 27.2 Å². The summed E-state index contributed by atoms with van der Waals surface area (Å²) in [5.41, 5.74) is 1.01. The van der Waals surface area contributed by atoms with Gasteiger partial charge in [-0.3, -0.25) is 14.2 Å². The van der Waals surface area contributed by atoms with Gasteiger partial charge in [-0.25, -0.2) is 0 Å². The maximum absolute atomic E-state index is 13.3. The van der Waals surface area contributed by atoms with Gasteiger partial charge in [-0.1, -0.05) is 17.7 Å². The van der Waals surface area contributed by atoms with Crippen LogP contribution in [0, 0.1) is 6.92 Å². The van der Waals surface area contributed by atoms with E-state index in [9.17, 15) is 22.8 Å². The van der Waals surface area contributed by atoms with Gasteiger partial charge in [0, 0.05) is 21.7 Å². The van der Waals surface area contributed by atoms with E-state index >= 15 is 0 Å². The minimum Gasteiger partial charge on any atom is -0.497 e. The van der Waals surface area contributed by atoms with E-state index in [2.05, 4.69) is 0 Å². The van der Waals surface area contributed by atoms with Crippen molar-refractivity contribution in [1.29, 1.82) is 0 Å². The minimum atomic E-state index is -4.56. The molecule has 35 heavy (non-hydrogen) atoms. The van der Waals surface area contributed by atoms with Crippen LogP contribution in [0.5, 0.6) is 11.5 Å². The highest BCUT2D eigenvalue weighted by atomic mass is 35.5. The molecule has 0 atom stereocenters. The van der Waals surface area contributed by atoms with Crippen LogP contribution in [0.3, 0.4) is 0 Å². The van der Waals surface area contributed by atoms with Gasteiger partial charge in [0.1, 0.15) is 11.5 Å². The normalized spacial score (nSPS) is 11.5. The van der Waals surface area contributed by atoms with E-state index in [4.69, 9.17) is 21.1 Å². The highest BCUT2D eigenvalue weighted by molar-refractivity contribution is 6.30. The number of esters is 1. The minimum absolute atomic E-state index is 0.221. The first-order valence-corrected chi connectivity index (χ1v) is 10.8. The number of alkyl halides is 3. The molecule has 180 valence electrons. The first kappa shape index (κ1) is 24.3. The summed E-state index contributed by atoms with van der Waals surface area (Å²) in [6.45, 7) is 1.69. The molecule has 0 saturated carbocycles. The number of ether oxygens (including phenoxy) is 2. The molecular formula is C26H19ClF3NO4. The lowest BCUT2D eigenvalue weighted by atomic mass is 10.1. The van der Waals surface area contributed by atoms with E-state index in [0.717, 1.165) is 18.2 Å². The van der Waals surface area contributed by atoms with Gasteiger partial charge in [-0.05, 0) is 73.2 Å². The van der Waals surface area contributed by atoms with E-state index < -0.39 is 17.7 Å². The Morgan fingerprint density at radius 2 is 1.69 bits per heavy atom. The van der Waals surface area contributed by atoms with Gasteiger partial charge in [-0.15, -0.1) is 0 Å². The molecule has 0 bridgehead atoms. The average molecular weight is 502 g/mol. The highest BCUT2D eigenvalue weighted by Crippen LogP contribution is 2.33. The van der Waals surface area contributed by atoms with Crippen molar-refractivity contribution in [2.75, 3.05) is 7.11 Å². The van der Waals surface area contributed by atoms with E-state index in [1.807, 2.05) is 0 Å². The van der Waals surface area contributed by atoms with Crippen molar-refractivity contribution in [3.8, 4) is 11.5 Å². The van der Waals surface area contributed by atoms with E-state index in [1.54, 1.807) is 49.4 Å². The third-order valence-corrected chi connectivity index (χ3v) is 5.80. The van der Waals surface area contributed by atoms with Crippen LogP contribution in [0.25, 0.3) is 10.9 Å². The van der Waals surface area contributed by atoms with Crippen molar-refractivity contribution in [3.63, 3.8) is 0 Å². The van der Waals surface area contributed by atoms with Gasteiger partial charge in [0.2, 0.25) is 0 Å². The number of fused-ring (bicyclic) bond motifs is 1. The molecule has 0 aliphatic heterocycles. The molecule has 0 fully saturated rings. The quantitative estimate of drug-likeness (QED) is 0.232. The van der Waals surface area contributed by atoms with Gasteiger partial charge in [0.05, 0.1) is 24.6 Å². The maximum atomic E-state index is 13.3. The van der Waals surface area contributed by atoms with Gasteiger partial charge in [0.15, 0.2) is 0 Å². The Morgan fingerprint density at radius 3 is 2.34 bits per heavy atom. The summed E-state index contributed by atoms with van der Waals surface area (Å²) in [5, 5.41) is 1.07. The lowest BCUT2D eigenvalue weighted by molar-refractivity contribution is -0.138. The third kappa shape index (κ3) is 5.02. The molecule has 5 nitrogen and oxygen atoms in total. The number of carbonyl (C=O) groups is 2. The van der Waals surface area contributed by atoms with Crippen LogP contribution in [0.4, 0.5) is 13.2 Å². The van der Waals surface area contributed by atoms with Gasteiger partial charge in [-0.2, -0.15) is 13.2 Å². The standard InChI is InChI=1S/C26H19ClF3NO4/c1-15-21(14-24(32)35-20-5-3-4-17(12-20)26(28,29)30)22-13-19(34-2)10-11-23(22)31(15)25(33)16-6-8-18(27)9-7-16/h3-13H,14H2,1-2H3. The summed E-state index contributed by atoms with van der Waals surface area (Å²) in [6, 6.07) is 15.6. The zero-order valence-corrected chi connectivity index (χ0v) is 19.4. The molecule has 0 radical (unpaired) electrons. The van der Waals surface area contributed by atoms with Crippen LogP contribution in [-0.2, 0) is 17.4 Å². The van der Waals surface area contributed by atoms with Crippen LogP contribution in [0.15, 0.2) is 66.7 Å². The number of carbonyl (C=O) groups excluding carboxylic acids is 2. The van der Waals surface area contributed by atoms with E-state index in [-0.39, 0.29) is 18.1 Å². The molecule has 4 rings (SSSR count). The Labute approximate surface area is 203 Å². The fourth-order valence-corrected chi connectivity index (χ4v) is 3.97. The molecular weight excluding hydrogens is 483 g/mol. The Morgan fingerprint density at radius 1 is 0.971 bits per heavy atom. The monoisotopic (exact) mass is 501 g/mol. The van der Waals surface area contributed by atoms with Gasteiger partial charge >= 0.3 is 12.1 Å². The fourth-order valence-electron chi connectivity index (χ4n) is 3.84. The van der Waals surface area contributed by atoms with Crippen LogP contribution < -0.4 is 9.47 Å². The maximum Gasteiger partial charge on any atom is 0.416 e. The summed E-state index contributed by atoms with van der Waals surface area (Å²) in [6.07, 6.45) is -4.84. The van der Waals surface area contributed by atoms with Crippen molar-refractivity contribution in [1.82, 2.24) is 4.57 Å². The number of methoxy groups -OCH3 is 1. The molecule has 0 spiro atoms. The van der Waals surface area contributed by atoms with Gasteiger partial charge < -0.3 is 9.47 Å². The zero-order valence-electron chi connectivity index (χ0n) is 18.7. The Kier molecular flexibility index (Phi) is 6.58. The molecule has 4 aromatic rings. The Balaban J connectivity index is 1.72. The molecule has 0 unspecified atom stereocenters. The van der Waals surface area contributed by atoms with Crippen molar-refractivity contribution in [3.05, 3.63) is 94.1 Å². The second kappa shape index (κ2) is 9.46.